The minimum atomic E-state index is 0.418. The van der Waals surface area contributed by atoms with Gasteiger partial charge in [-0.3, -0.25) is 0 Å². The van der Waals surface area contributed by atoms with Crippen LogP contribution in [0.5, 0.6) is 0 Å². The molecule has 0 aromatic rings. The Balaban J connectivity index is 1.81. The molecular weight excluding hydrogens is 184 g/mol. The van der Waals surface area contributed by atoms with Crippen molar-refractivity contribution in [3.63, 3.8) is 0 Å². The van der Waals surface area contributed by atoms with Crippen LogP contribution in [0.4, 0.5) is 0 Å². The van der Waals surface area contributed by atoms with Crippen LogP contribution in [0.25, 0.3) is 0 Å². The summed E-state index contributed by atoms with van der Waals surface area (Å²) < 4.78 is 5.64. The van der Waals surface area contributed by atoms with Crippen LogP contribution in [0, 0.1) is 10.8 Å². The van der Waals surface area contributed by atoms with E-state index in [2.05, 4.69) is 27.7 Å². The van der Waals surface area contributed by atoms with Gasteiger partial charge in [0.1, 0.15) is 0 Å². The molecule has 0 aromatic carbocycles. The van der Waals surface area contributed by atoms with Gasteiger partial charge in [-0.15, -0.1) is 0 Å². The summed E-state index contributed by atoms with van der Waals surface area (Å²) in [6, 6.07) is 0. The van der Waals surface area contributed by atoms with Crippen LogP contribution in [0.15, 0.2) is 0 Å². The molecular formula is C14H28O. The van der Waals surface area contributed by atoms with Crippen molar-refractivity contribution < 1.29 is 4.74 Å². The lowest BCUT2D eigenvalue weighted by atomic mass is 9.93. The fourth-order valence-electron chi connectivity index (χ4n) is 1.70. The topological polar surface area (TPSA) is 9.23 Å². The van der Waals surface area contributed by atoms with Crippen molar-refractivity contribution in [2.75, 3.05) is 13.2 Å². The first-order valence-corrected chi connectivity index (χ1v) is 6.49. The average molecular weight is 212 g/mol. The van der Waals surface area contributed by atoms with Crippen LogP contribution in [0.3, 0.4) is 0 Å². The molecule has 1 nitrogen and oxygen atoms in total. The molecule has 0 N–H and O–H groups in total. The SMILES string of the molecule is CC(C)(C)CCOCCCCC1(C)CC1. The minimum absolute atomic E-state index is 0.418. The average Bonchev–Trinajstić information content (AvgIpc) is 2.81. The van der Waals surface area contributed by atoms with Gasteiger partial charge < -0.3 is 4.74 Å². The van der Waals surface area contributed by atoms with E-state index in [4.69, 9.17) is 4.74 Å². The van der Waals surface area contributed by atoms with E-state index >= 15 is 0 Å². The molecule has 1 heteroatoms. The predicted octanol–water partition coefficient (Wildman–Crippen LogP) is 4.41. The van der Waals surface area contributed by atoms with Crippen LogP contribution in [0.2, 0.25) is 0 Å². The second-order valence-corrected chi connectivity index (χ2v) is 6.69. The van der Waals surface area contributed by atoms with Crippen molar-refractivity contribution >= 4 is 0 Å². The summed E-state index contributed by atoms with van der Waals surface area (Å²) in [7, 11) is 0. The lowest BCUT2D eigenvalue weighted by Gasteiger charge is -2.17. The molecule has 1 saturated carbocycles. The van der Waals surface area contributed by atoms with Crippen LogP contribution < -0.4 is 0 Å². The molecule has 0 radical (unpaired) electrons. The van der Waals surface area contributed by atoms with Crippen LogP contribution >= 0.6 is 0 Å². The largest absolute Gasteiger partial charge is 0.381 e. The summed E-state index contributed by atoms with van der Waals surface area (Å²) in [4.78, 5) is 0. The first-order valence-electron chi connectivity index (χ1n) is 6.49. The molecule has 1 aliphatic carbocycles. The number of ether oxygens (including phenoxy) is 1. The highest BCUT2D eigenvalue weighted by Gasteiger charge is 2.35. The molecule has 0 spiro atoms. The summed E-state index contributed by atoms with van der Waals surface area (Å²) in [6.07, 6.45) is 8.10. The minimum Gasteiger partial charge on any atom is -0.381 e. The Morgan fingerprint density at radius 2 is 1.73 bits per heavy atom. The Labute approximate surface area is 95.6 Å². The van der Waals surface area contributed by atoms with Gasteiger partial charge in [-0.1, -0.05) is 34.1 Å². The Bertz CT molecular complexity index is 165. The lowest BCUT2D eigenvalue weighted by molar-refractivity contribution is 0.104. The van der Waals surface area contributed by atoms with E-state index in [0.29, 0.717) is 5.41 Å². The number of hydrogen-bond acceptors (Lipinski definition) is 1. The molecule has 1 rings (SSSR count). The molecule has 15 heavy (non-hydrogen) atoms. The Morgan fingerprint density at radius 1 is 1.07 bits per heavy atom. The van der Waals surface area contributed by atoms with Crippen LogP contribution in [-0.4, -0.2) is 13.2 Å². The van der Waals surface area contributed by atoms with E-state index in [9.17, 15) is 0 Å². The van der Waals surface area contributed by atoms with E-state index in [1.165, 1.54) is 38.5 Å². The second-order valence-electron chi connectivity index (χ2n) is 6.69. The Hall–Kier alpha value is -0.0400. The molecule has 0 bridgehead atoms. The van der Waals surface area contributed by atoms with Crippen molar-refractivity contribution in [1.29, 1.82) is 0 Å². The van der Waals surface area contributed by atoms with Crippen molar-refractivity contribution in [2.24, 2.45) is 10.8 Å². The molecule has 0 aromatic heterocycles. The Morgan fingerprint density at radius 3 is 2.27 bits per heavy atom. The maximum atomic E-state index is 5.64. The van der Waals surface area contributed by atoms with Crippen molar-refractivity contribution in [3.8, 4) is 0 Å². The first kappa shape index (κ1) is 13.0. The van der Waals surface area contributed by atoms with E-state index in [-0.39, 0.29) is 0 Å². The molecule has 90 valence electrons. The molecule has 0 unspecified atom stereocenters. The van der Waals surface area contributed by atoms with Gasteiger partial charge in [-0.2, -0.15) is 0 Å². The fourth-order valence-corrected chi connectivity index (χ4v) is 1.70. The predicted molar refractivity (Wildman–Crippen MR) is 66.1 cm³/mol. The zero-order valence-electron chi connectivity index (χ0n) is 11.1. The van der Waals surface area contributed by atoms with Crippen molar-refractivity contribution in [2.45, 2.75) is 66.2 Å². The summed E-state index contributed by atoms with van der Waals surface area (Å²) in [5.41, 5.74) is 1.15. The van der Waals surface area contributed by atoms with Crippen LogP contribution in [0.1, 0.15) is 66.2 Å². The quantitative estimate of drug-likeness (QED) is 0.568. The van der Waals surface area contributed by atoms with Gasteiger partial charge in [0.2, 0.25) is 0 Å². The van der Waals surface area contributed by atoms with Crippen molar-refractivity contribution in [3.05, 3.63) is 0 Å². The second kappa shape index (κ2) is 5.34. The van der Waals surface area contributed by atoms with Gasteiger partial charge >= 0.3 is 0 Å². The molecule has 1 aliphatic rings. The Kier molecular flexibility index (Phi) is 4.64. The van der Waals surface area contributed by atoms with Crippen molar-refractivity contribution in [1.82, 2.24) is 0 Å². The fraction of sp³-hybridized carbons (Fsp3) is 1.00. The maximum absolute atomic E-state index is 5.64. The highest BCUT2D eigenvalue weighted by atomic mass is 16.5. The van der Waals surface area contributed by atoms with E-state index in [1.54, 1.807) is 0 Å². The highest BCUT2D eigenvalue weighted by Crippen LogP contribution is 2.49. The normalized spacial score (nSPS) is 19.2. The van der Waals surface area contributed by atoms with Gasteiger partial charge in [-0.25, -0.2) is 0 Å². The number of rotatable bonds is 7. The van der Waals surface area contributed by atoms with Gasteiger partial charge in [0, 0.05) is 13.2 Å². The summed E-state index contributed by atoms with van der Waals surface area (Å²) in [6.45, 7) is 11.1. The van der Waals surface area contributed by atoms with Gasteiger partial charge in [0.15, 0.2) is 0 Å². The molecule has 0 saturated heterocycles. The summed E-state index contributed by atoms with van der Waals surface area (Å²) in [5.74, 6) is 0. The third kappa shape index (κ3) is 6.94. The molecule has 0 heterocycles. The van der Waals surface area contributed by atoms with Gasteiger partial charge in [-0.05, 0) is 42.9 Å². The zero-order chi connectivity index (χ0) is 11.4. The molecule has 0 aliphatic heterocycles. The molecule has 0 amide bonds. The third-order valence-corrected chi connectivity index (χ3v) is 3.42. The van der Waals surface area contributed by atoms with Gasteiger partial charge in [0.25, 0.3) is 0 Å². The van der Waals surface area contributed by atoms with E-state index in [0.717, 1.165) is 18.6 Å². The highest BCUT2D eigenvalue weighted by molar-refractivity contribution is 4.87. The van der Waals surface area contributed by atoms with E-state index in [1.807, 2.05) is 0 Å². The molecule has 0 atom stereocenters. The zero-order valence-corrected chi connectivity index (χ0v) is 11.1. The number of hydrogen-bond donors (Lipinski definition) is 0. The standard InChI is InChI=1S/C14H28O/c1-13(2,3)10-12-15-11-6-5-7-14(4)8-9-14/h5-12H2,1-4H3. The third-order valence-electron chi connectivity index (χ3n) is 3.42. The molecule has 1 fully saturated rings. The number of unbranched alkanes of at least 4 members (excludes halogenated alkanes) is 1. The lowest BCUT2D eigenvalue weighted by Crippen LogP contribution is -2.10. The smallest absolute Gasteiger partial charge is 0.0471 e. The van der Waals surface area contributed by atoms with Crippen LogP contribution in [-0.2, 0) is 4.74 Å². The van der Waals surface area contributed by atoms with E-state index < -0.39 is 0 Å². The van der Waals surface area contributed by atoms with Gasteiger partial charge in [0.05, 0.1) is 0 Å². The monoisotopic (exact) mass is 212 g/mol. The first-order chi connectivity index (χ1) is 6.91. The summed E-state index contributed by atoms with van der Waals surface area (Å²) >= 11 is 0. The summed E-state index contributed by atoms with van der Waals surface area (Å²) in [5, 5.41) is 0. The maximum Gasteiger partial charge on any atom is 0.0471 e.